The number of amides is 1. The van der Waals surface area contributed by atoms with Crippen molar-refractivity contribution in [3.8, 4) is 11.1 Å². The van der Waals surface area contributed by atoms with Crippen LogP contribution < -0.4 is 5.32 Å². The topological polar surface area (TPSA) is 29.1 Å². The zero-order valence-corrected chi connectivity index (χ0v) is 11.8. The molecule has 6 heteroatoms. The number of alkyl halides is 3. The minimum Gasteiger partial charge on any atom is -0.325 e. The molecule has 0 spiro atoms. The van der Waals surface area contributed by atoms with E-state index in [1.807, 2.05) is 0 Å². The van der Waals surface area contributed by atoms with Crippen molar-refractivity contribution in [3.63, 3.8) is 0 Å². The minimum absolute atomic E-state index is 0.300. The number of rotatable bonds is 1. The highest BCUT2D eigenvalue weighted by molar-refractivity contribution is 6.31. The third-order valence-corrected chi connectivity index (χ3v) is 3.73. The summed E-state index contributed by atoms with van der Waals surface area (Å²) >= 11 is 5.62. The number of anilines is 1. The maximum atomic E-state index is 12.9. The summed E-state index contributed by atoms with van der Waals surface area (Å²) in [6, 6.07) is 8.87. The van der Waals surface area contributed by atoms with E-state index in [4.69, 9.17) is 11.6 Å². The molecule has 1 aliphatic rings. The van der Waals surface area contributed by atoms with Crippen LogP contribution in [-0.2, 0) is 17.4 Å². The molecule has 1 amide bonds. The van der Waals surface area contributed by atoms with E-state index in [0.717, 1.165) is 11.6 Å². The predicted octanol–water partition coefficient (Wildman–Crippen LogP) is 4.60. The summed E-state index contributed by atoms with van der Waals surface area (Å²) < 4.78 is 38.8. The second-order valence-corrected chi connectivity index (χ2v) is 5.28. The van der Waals surface area contributed by atoms with Gasteiger partial charge in [0.15, 0.2) is 0 Å². The summed E-state index contributed by atoms with van der Waals surface area (Å²) in [7, 11) is 0. The van der Waals surface area contributed by atoms with E-state index in [9.17, 15) is 18.0 Å². The maximum Gasteiger partial charge on any atom is 0.417 e. The number of benzene rings is 2. The van der Waals surface area contributed by atoms with E-state index in [0.29, 0.717) is 23.2 Å². The molecule has 0 fully saturated rings. The van der Waals surface area contributed by atoms with Gasteiger partial charge in [-0.3, -0.25) is 4.79 Å². The second-order valence-electron chi connectivity index (χ2n) is 4.87. The van der Waals surface area contributed by atoms with Crippen LogP contribution in [0.25, 0.3) is 11.1 Å². The van der Waals surface area contributed by atoms with Gasteiger partial charge >= 0.3 is 6.18 Å². The van der Waals surface area contributed by atoms with Crippen molar-refractivity contribution in [1.82, 2.24) is 0 Å². The van der Waals surface area contributed by atoms with Gasteiger partial charge in [-0.05, 0) is 47.4 Å². The first-order valence-electron chi connectivity index (χ1n) is 6.39. The molecule has 22 heavy (non-hydrogen) atoms. The first-order valence-corrected chi connectivity index (χ1v) is 6.77. The number of nitrogens with one attached hydrogen (secondary N) is 1. The number of carbonyl (C=O) groups is 1. The Bertz CT molecular complexity index is 756. The van der Waals surface area contributed by atoms with Crippen molar-refractivity contribution in [2.45, 2.75) is 12.6 Å². The lowest BCUT2D eigenvalue weighted by Crippen LogP contribution is -2.19. The Kier molecular flexibility index (Phi) is 3.60. The van der Waals surface area contributed by atoms with Crippen LogP contribution in [-0.4, -0.2) is 5.91 Å². The third-order valence-electron chi connectivity index (χ3n) is 3.40. The molecule has 0 saturated heterocycles. The fourth-order valence-corrected chi connectivity index (χ4v) is 2.53. The average molecular weight is 324 g/mol. The quantitative estimate of drug-likeness (QED) is 0.816. The van der Waals surface area contributed by atoms with Crippen LogP contribution >= 0.6 is 11.6 Å². The second kappa shape index (κ2) is 5.32. The lowest BCUT2D eigenvalue weighted by Gasteiger charge is -2.17. The molecule has 0 unspecified atom stereocenters. The van der Waals surface area contributed by atoms with E-state index in [2.05, 4.69) is 11.7 Å². The van der Waals surface area contributed by atoms with Crippen LogP contribution in [0.2, 0.25) is 5.02 Å². The molecule has 2 nitrogen and oxygen atoms in total. The van der Waals surface area contributed by atoms with Gasteiger partial charge in [0.05, 0.1) is 17.0 Å². The Morgan fingerprint density at radius 1 is 1.09 bits per heavy atom. The van der Waals surface area contributed by atoms with E-state index in [1.54, 1.807) is 18.2 Å². The Labute approximate surface area is 129 Å². The molecule has 0 bridgehead atoms. The summed E-state index contributed by atoms with van der Waals surface area (Å²) in [5.74, 6) is -0.300. The van der Waals surface area contributed by atoms with Gasteiger partial charge in [0.25, 0.3) is 0 Å². The summed E-state index contributed by atoms with van der Waals surface area (Å²) in [5, 5.41) is 2.30. The molecule has 0 saturated carbocycles. The van der Waals surface area contributed by atoms with E-state index in [-0.39, 0.29) is 10.9 Å². The molecule has 2 radical (unpaired) electrons. The fourth-order valence-electron chi connectivity index (χ4n) is 2.31. The van der Waals surface area contributed by atoms with Crippen LogP contribution in [0.5, 0.6) is 0 Å². The highest BCUT2D eigenvalue weighted by atomic mass is 35.5. The fraction of sp³-hybridized carbons (Fsp3) is 0.125. The Morgan fingerprint density at radius 2 is 1.77 bits per heavy atom. The molecule has 0 atom stereocenters. The van der Waals surface area contributed by atoms with E-state index >= 15 is 0 Å². The van der Waals surface area contributed by atoms with Crippen LogP contribution in [0, 0.1) is 6.42 Å². The van der Waals surface area contributed by atoms with Gasteiger partial charge in [-0.15, -0.1) is 0 Å². The van der Waals surface area contributed by atoms with Gasteiger partial charge in [0, 0.05) is 5.69 Å². The smallest absolute Gasteiger partial charge is 0.325 e. The zero-order chi connectivity index (χ0) is 15.9. The number of halogens is 4. The maximum absolute atomic E-state index is 12.9. The van der Waals surface area contributed by atoms with Crippen LogP contribution in [0.4, 0.5) is 18.9 Å². The van der Waals surface area contributed by atoms with Crippen LogP contribution in [0.3, 0.4) is 0 Å². The molecule has 3 rings (SSSR count). The van der Waals surface area contributed by atoms with Gasteiger partial charge in [-0.2, -0.15) is 13.2 Å². The summed E-state index contributed by atoms with van der Waals surface area (Å²) in [6.45, 7) is 0. The number of carbonyl (C=O) groups excluding carboxylic acids is 1. The molecule has 1 aliphatic heterocycles. The first kappa shape index (κ1) is 14.9. The minimum atomic E-state index is -4.50. The van der Waals surface area contributed by atoms with Gasteiger partial charge in [0.1, 0.15) is 0 Å². The highest BCUT2D eigenvalue weighted by Crippen LogP contribution is 2.38. The highest BCUT2D eigenvalue weighted by Gasteiger charge is 2.33. The number of fused-ring (bicyclic) bond motifs is 1. The largest absolute Gasteiger partial charge is 0.417 e. The van der Waals surface area contributed by atoms with E-state index < -0.39 is 11.7 Å². The van der Waals surface area contributed by atoms with Crippen LogP contribution in [0.1, 0.15) is 11.1 Å². The van der Waals surface area contributed by atoms with Crippen molar-refractivity contribution in [2.75, 3.05) is 5.32 Å². The monoisotopic (exact) mass is 323 g/mol. The van der Waals surface area contributed by atoms with Crippen molar-refractivity contribution in [1.29, 1.82) is 0 Å². The van der Waals surface area contributed by atoms with E-state index in [1.165, 1.54) is 12.1 Å². The first-order chi connectivity index (χ1) is 10.3. The molecular weight excluding hydrogens is 315 g/mol. The standard InChI is InChI=1S/C16H9ClF3NO/c17-13-4-1-10(8-12(13)16(18,19)20)9-2-5-14-11(7-9)3-6-15(22)21-14/h1-2,4-5,7-8H,3H2,(H,21,22). The van der Waals surface area contributed by atoms with Gasteiger partial charge in [-0.25, -0.2) is 0 Å². The van der Waals surface area contributed by atoms with Crippen molar-refractivity contribution >= 4 is 23.2 Å². The van der Waals surface area contributed by atoms with Gasteiger partial charge in [-0.1, -0.05) is 23.7 Å². The Balaban J connectivity index is 2.03. The zero-order valence-electron chi connectivity index (χ0n) is 11.1. The molecule has 1 heterocycles. The Morgan fingerprint density at radius 3 is 2.50 bits per heavy atom. The molecule has 1 N–H and O–H groups in total. The number of hydrogen-bond acceptors (Lipinski definition) is 1. The summed E-state index contributed by atoms with van der Waals surface area (Å²) in [5.41, 5.74) is 1.63. The molecule has 0 aromatic heterocycles. The molecule has 2 aromatic carbocycles. The Hall–Kier alpha value is -2.01. The number of hydrogen-bond donors (Lipinski definition) is 1. The van der Waals surface area contributed by atoms with Gasteiger partial charge < -0.3 is 5.32 Å². The normalized spacial score (nSPS) is 14.5. The third kappa shape index (κ3) is 2.81. The lowest BCUT2D eigenvalue weighted by molar-refractivity contribution is -0.137. The molecular formula is C16H9ClF3NO. The SMILES string of the molecule is O=C1[C]Cc2cc(-c3ccc(Cl)c(C(F)(F)F)c3)ccc2N1. The molecule has 2 aromatic rings. The summed E-state index contributed by atoms with van der Waals surface area (Å²) in [4.78, 5) is 11.2. The predicted molar refractivity (Wildman–Crippen MR) is 77.5 cm³/mol. The lowest BCUT2D eigenvalue weighted by atomic mass is 9.96. The van der Waals surface area contributed by atoms with Gasteiger partial charge in [0.2, 0.25) is 5.91 Å². The summed E-state index contributed by atoms with van der Waals surface area (Å²) in [6.07, 6.45) is -1.56. The van der Waals surface area contributed by atoms with Crippen molar-refractivity contribution in [2.24, 2.45) is 0 Å². The molecule has 112 valence electrons. The average Bonchev–Trinajstić information content (AvgIpc) is 2.46. The van der Waals surface area contributed by atoms with Crippen molar-refractivity contribution < 1.29 is 18.0 Å². The van der Waals surface area contributed by atoms with Crippen molar-refractivity contribution in [3.05, 3.63) is 59.0 Å². The molecule has 0 aliphatic carbocycles. The van der Waals surface area contributed by atoms with Crippen LogP contribution in [0.15, 0.2) is 36.4 Å².